The van der Waals surface area contributed by atoms with Gasteiger partial charge in [0.25, 0.3) is 5.91 Å². The van der Waals surface area contributed by atoms with E-state index in [9.17, 15) is 14.0 Å². The van der Waals surface area contributed by atoms with Gasteiger partial charge < -0.3 is 15.0 Å². The van der Waals surface area contributed by atoms with E-state index in [-0.39, 0.29) is 19.1 Å². The first kappa shape index (κ1) is 25.0. The van der Waals surface area contributed by atoms with Gasteiger partial charge in [-0.15, -0.1) is 0 Å². The molecule has 0 aliphatic rings. The maximum Gasteiger partial charge on any atom is 0.261 e. The van der Waals surface area contributed by atoms with Crippen LogP contribution in [0.5, 0.6) is 5.75 Å². The topological polar surface area (TPSA) is 58.6 Å². The minimum atomic E-state index is -0.823. The van der Waals surface area contributed by atoms with E-state index >= 15 is 0 Å². The minimum Gasteiger partial charge on any atom is -0.483 e. The van der Waals surface area contributed by atoms with Crippen LogP contribution in [0.1, 0.15) is 29.2 Å². The molecule has 3 rings (SSSR count). The number of amides is 2. The average Bonchev–Trinajstić information content (AvgIpc) is 2.84. The van der Waals surface area contributed by atoms with Crippen LogP contribution >= 0.6 is 0 Å². The summed E-state index contributed by atoms with van der Waals surface area (Å²) in [6.07, 6.45) is 0.302. The first-order chi connectivity index (χ1) is 16.4. The van der Waals surface area contributed by atoms with Crippen LogP contribution in [0.25, 0.3) is 0 Å². The molecule has 0 fully saturated rings. The maximum atomic E-state index is 14.5. The summed E-state index contributed by atoms with van der Waals surface area (Å²) in [7, 11) is 0. The van der Waals surface area contributed by atoms with E-state index in [4.69, 9.17) is 4.74 Å². The van der Waals surface area contributed by atoms with Gasteiger partial charge in [-0.1, -0.05) is 60.7 Å². The predicted molar refractivity (Wildman–Crippen MR) is 131 cm³/mol. The maximum absolute atomic E-state index is 14.5. The molecule has 0 aliphatic heterocycles. The van der Waals surface area contributed by atoms with Crippen molar-refractivity contribution in [2.45, 2.75) is 39.8 Å². The molecule has 0 unspecified atom stereocenters. The van der Waals surface area contributed by atoms with E-state index < -0.39 is 17.8 Å². The first-order valence-corrected chi connectivity index (χ1v) is 11.4. The van der Waals surface area contributed by atoms with E-state index in [1.807, 2.05) is 69.3 Å². The summed E-state index contributed by atoms with van der Waals surface area (Å²) in [5.74, 6) is -0.499. The van der Waals surface area contributed by atoms with Gasteiger partial charge in [-0.05, 0) is 49.6 Å². The molecule has 1 N–H and O–H groups in total. The Kier molecular flexibility index (Phi) is 8.79. The molecule has 0 spiro atoms. The highest BCUT2D eigenvalue weighted by Crippen LogP contribution is 2.22. The molecule has 3 aromatic rings. The summed E-state index contributed by atoms with van der Waals surface area (Å²) in [4.78, 5) is 28.0. The van der Waals surface area contributed by atoms with Crippen LogP contribution in [-0.4, -0.2) is 35.9 Å². The fourth-order valence-electron chi connectivity index (χ4n) is 3.76. The molecule has 1 atom stereocenters. The van der Waals surface area contributed by atoms with Crippen molar-refractivity contribution in [2.75, 3.05) is 13.2 Å². The van der Waals surface area contributed by atoms with E-state index in [1.165, 1.54) is 11.0 Å². The lowest BCUT2D eigenvalue weighted by Crippen LogP contribution is -2.51. The molecule has 0 radical (unpaired) electrons. The largest absolute Gasteiger partial charge is 0.483 e. The number of rotatable bonds is 10. The van der Waals surface area contributed by atoms with Gasteiger partial charge in [-0.25, -0.2) is 4.39 Å². The van der Waals surface area contributed by atoms with Gasteiger partial charge in [0.2, 0.25) is 5.91 Å². The number of carbonyl (C=O) groups is 2. The van der Waals surface area contributed by atoms with Crippen LogP contribution in [0.4, 0.5) is 4.39 Å². The summed E-state index contributed by atoms with van der Waals surface area (Å²) in [6, 6.07) is 20.6. The summed E-state index contributed by atoms with van der Waals surface area (Å²) in [5.41, 5.74) is 3.24. The molecule has 34 heavy (non-hydrogen) atoms. The van der Waals surface area contributed by atoms with Crippen molar-refractivity contribution in [1.29, 1.82) is 0 Å². The van der Waals surface area contributed by atoms with Crippen LogP contribution < -0.4 is 10.1 Å². The van der Waals surface area contributed by atoms with Crippen molar-refractivity contribution in [3.63, 3.8) is 0 Å². The molecular formula is C28H31FN2O3. The zero-order valence-corrected chi connectivity index (χ0v) is 19.9. The Morgan fingerprint density at radius 2 is 1.68 bits per heavy atom. The average molecular weight is 463 g/mol. The molecule has 3 aromatic carbocycles. The van der Waals surface area contributed by atoms with Crippen molar-refractivity contribution in [2.24, 2.45) is 0 Å². The van der Waals surface area contributed by atoms with Crippen molar-refractivity contribution >= 4 is 11.8 Å². The molecular weight excluding hydrogens is 431 g/mol. The Bertz CT molecular complexity index is 1120. The number of likely N-dealkylation sites (N-methyl/N-ethyl adjacent to an activating group) is 1. The van der Waals surface area contributed by atoms with Crippen molar-refractivity contribution in [3.05, 3.63) is 101 Å². The standard InChI is InChI=1S/C28H31FN2O3/c1-4-30-28(33)25(17-22-12-6-5-7-13-22)31(18-23-14-8-9-15-24(23)29)27(32)19-34-26-16-10-11-20(2)21(26)3/h5-16,25H,4,17-19H2,1-3H3,(H,30,33)/t25-/m1/s1. The molecule has 0 aromatic heterocycles. The molecule has 0 saturated carbocycles. The SMILES string of the molecule is CCNC(=O)[C@@H](Cc1ccccc1)N(Cc1ccccc1F)C(=O)COc1cccc(C)c1C. The highest BCUT2D eigenvalue weighted by molar-refractivity contribution is 5.88. The first-order valence-electron chi connectivity index (χ1n) is 11.4. The fourth-order valence-corrected chi connectivity index (χ4v) is 3.76. The van der Waals surface area contributed by atoms with E-state index in [2.05, 4.69) is 5.32 Å². The van der Waals surface area contributed by atoms with Gasteiger partial charge >= 0.3 is 0 Å². The third-order valence-corrected chi connectivity index (χ3v) is 5.83. The number of nitrogens with zero attached hydrogens (tertiary/aromatic N) is 1. The number of carbonyl (C=O) groups excluding carboxylic acids is 2. The third-order valence-electron chi connectivity index (χ3n) is 5.83. The molecule has 0 aliphatic carbocycles. The molecule has 0 heterocycles. The summed E-state index contributed by atoms with van der Waals surface area (Å²) < 4.78 is 20.4. The van der Waals surface area contributed by atoms with Crippen LogP contribution in [0.15, 0.2) is 72.8 Å². The molecule has 6 heteroatoms. The number of hydrogen-bond acceptors (Lipinski definition) is 3. The molecule has 178 valence electrons. The van der Waals surface area contributed by atoms with Gasteiger partial charge in [0.15, 0.2) is 6.61 Å². The fraction of sp³-hybridized carbons (Fsp3) is 0.286. The lowest BCUT2D eigenvalue weighted by molar-refractivity contribution is -0.142. The van der Waals surface area contributed by atoms with Crippen molar-refractivity contribution in [3.8, 4) is 5.75 Å². The van der Waals surface area contributed by atoms with E-state index in [1.54, 1.807) is 18.2 Å². The summed E-state index contributed by atoms with van der Waals surface area (Å²) in [5, 5.41) is 2.82. The Balaban J connectivity index is 1.92. The Morgan fingerprint density at radius 1 is 0.971 bits per heavy atom. The number of halogens is 1. The Hall–Kier alpha value is -3.67. The lowest BCUT2D eigenvalue weighted by Gasteiger charge is -2.31. The Labute approximate surface area is 200 Å². The number of ether oxygens (including phenoxy) is 1. The minimum absolute atomic E-state index is 0.0453. The second-order valence-electron chi connectivity index (χ2n) is 8.20. The molecule has 0 saturated heterocycles. The van der Waals surface area contributed by atoms with E-state index in [0.717, 1.165) is 16.7 Å². The van der Waals surface area contributed by atoms with Crippen molar-refractivity contribution < 1.29 is 18.7 Å². The quantitative estimate of drug-likeness (QED) is 0.479. The van der Waals surface area contributed by atoms with Gasteiger partial charge in [-0.3, -0.25) is 9.59 Å². The van der Waals surface area contributed by atoms with Gasteiger partial charge in [0.05, 0.1) is 0 Å². The number of aryl methyl sites for hydroxylation is 1. The van der Waals surface area contributed by atoms with Crippen LogP contribution in [0.2, 0.25) is 0 Å². The van der Waals surface area contributed by atoms with Gasteiger partial charge in [0.1, 0.15) is 17.6 Å². The zero-order chi connectivity index (χ0) is 24.5. The molecule has 0 bridgehead atoms. The number of benzene rings is 3. The normalized spacial score (nSPS) is 11.5. The van der Waals surface area contributed by atoms with Gasteiger partial charge in [0, 0.05) is 25.1 Å². The van der Waals surface area contributed by atoms with Gasteiger partial charge in [-0.2, -0.15) is 0 Å². The zero-order valence-electron chi connectivity index (χ0n) is 19.9. The van der Waals surface area contributed by atoms with Crippen LogP contribution in [0.3, 0.4) is 0 Å². The monoisotopic (exact) mass is 462 g/mol. The summed E-state index contributed by atoms with van der Waals surface area (Å²) >= 11 is 0. The highest BCUT2D eigenvalue weighted by Gasteiger charge is 2.31. The van der Waals surface area contributed by atoms with Crippen LogP contribution in [-0.2, 0) is 22.6 Å². The van der Waals surface area contributed by atoms with Crippen molar-refractivity contribution in [1.82, 2.24) is 10.2 Å². The number of nitrogens with one attached hydrogen (secondary N) is 1. The second kappa shape index (κ2) is 12.0. The Morgan fingerprint density at radius 3 is 2.38 bits per heavy atom. The predicted octanol–water partition coefficient (Wildman–Crippen LogP) is 4.60. The highest BCUT2D eigenvalue weighted by atomic mass is 19.1. The molecule has 5 nitrogen and oxygen atoms in total. The third kappa shape index (κ3) is 6.44. The van der Waals surface area contributed by atoms with Crippen LogP contribution in [0, 0.1) is 19.7 Å². The second-order valence-corrected chi connectivity index (χ2v) is 8.20. The smallest absolute Gasteiger partial charge is 0.261 e. The molecule has 2 amide bonds. The number of hydrogen-bond donors (Lipinski definition) is 1. The lowest BCUT2D eigenvalue weighted by atomic mass is 10.0. The van der Waals surface area contributed by atoms with E-state index in [0.29, 0.717) is 24.3 Å². The summed E-state index contributed by atoms with van der Waals surface area (Å²) in [6.45, 7) is 5.84.